The number of hydrogen-bond acceptors (Lipinski definition) is 3. The summed E-state index contributed by atoms with van der Waals surface area (Å²) in [7, 11) is 1.68. The van der Waals surface area contributed by atoms with Crippen molar-refractivity contribution in [2.24, 2.45) is 5.92 Å². The molecule has 0 spiro atoms. The van der Waals surface area contributed by atoms with E-state index in [0.29, 0.717) is 13.1 Å². The summed E-state index contributed by atoms with van der Waals surface area (Å²) < 4.78 is 7.56. The highest BCUT2D eigenvalue weighted by Crippen LogP contribution is 2.26. The molecule has 0 N–H and O–H groups in total. The van der Waals surface area contributed by atoms with E-state index in [9.17, 15) is 9.59 Å². The topological polar surface area (TPSA) is 54.8 Å². The zero-order valence-corrected chi connectivity index (χ0v) is 22.2. The highest BCUT2D eigenvalue weighted by molar-refractivity contribution is 5.86. The van der Waals surface area contributed by atoms with Gasteiger partial charge in [-0.15, -0.1) is 0 Å². The van der Waals surface area contributed by atoms with E-state index < -0.39 is 0 Å². The lowest BCUT2D eigenvalue weighted by molar-refractivity contribution is -0.146. The standard InChI is InChI=1S/C29H43N3O3/c1-6-23(4)32(28(33)21-31(22(2)3)29(34)25-13-8-7-9-14-25)20-26-15-11-17-30(26)19-24-12-10-16-27(18-24)35-5/h10-12,15-18,22-23,25H,6-9,13-14,19-21H2,1-5H3. The van der Waals surface area contributed by atoms with E-state index in [0.717, 1.165) is 49.1 Å². The van der Waals surface area contributed by atoms with Crippen LogP contribution >= 0.6 is 0 Å². The molecular weight excluding hydrogens is 438 g/mol. The first-order valence-corrected chi connectivity index (χ1v) is 13.2. The SMILES string of the molecule is CCC(C)N(Cc1cccn1Cc1cccc(OC)c1)C(=O)CN(C(=O)C1CCCCC1)C(C)C. The average Bonchev–Trinajstić information content (AvgIpc) is 3.31. The van der Waals surface area contributed by atoms with E-state index in [1.807, 2.05) is 47.9 Å². The number of hydrogen-bond donors (Lipinski definition) is 0. The van der Waals surface area contributed by atoms with Gasteiger partial charge in [-0.1, -0.05) is 38.3 Å². The third kappa shape index (κ3) is 7.12. The second-order valence-corrected chi connectivity index (χ2v) is 10.2. The molecule has 1 aliphatic rings. The predicted octanol–water partition coefficient (Wildman–Crippen LogP) is 5.49. The number of nitrogens with zero attached hydrogens (tertiary/aromatic N) is 3. The summed E-state index contributed by atoms with van der Waals surface area (Å²) in [6.07, 6.45) is 8.24. The van der Waals surface area contributed by atoms with Gasteiger partial charge in [-0.25, -0.2) is 0 Å². The largest absolute Gasteiger partial charge is 0.497 e. The van der Waals surface area contributed by atoms with Crippen molar-refractivity contribution in [2.75, 3.05) is 13.7 Å². The Morgan fingerprint density at radius 1 is 1.06 bits per heavy atom. The van der Waals surface area contributed by atoms with Crippen molar-refractivity contribution in [2.45, 2.75) is 91.4 Å². The lowest BCUT2D eigenvalue weighted by Gasteiger charge is -2.35. The van der Waals surface area contributed by atoms with E-state index in [1.54, 1.807) is 7.11 Å². The molecule has 6 heteroatoms. The molecule has 0 bridgehead atoms. The van der Waals surface area contributed by atoms with Gasteiger partial charge in [-0.2, -0.15) is 0 Å². The van der Waals surface area contributed by atoms with Crippen LogP contribution in [0.15, 0.2) is 42.6 Å². The fourth-order valence-corrected chi connectivity index (χ4v) is 4.94. The molecule has 35 heavy (non-hydrogen) atoms. The Labute approximate surface area is 211 Å². The van der Waals surface area contributed by atoms with E-state index >= 15 is 0 Å². The molecular formula is C29H43N3O3. The van der Waals surface area contributed by atoms with Crippen LogP contribution in [0.3, 0.4) is 0 Å². The van der Waals surface area contributed by atoms with Crippen LogP contribution in [-0.2, 0) is 22.7 Å². The molecule has 192 valence electrons. The van der Waals surface area contributed by atoms with Crippen molar-refractivity contribution in [1.82, 2.24) is 14.4 Å². The minimum atomic E-state index is 0.00378. The molecule has 2 amide bonds. The predicted molar refractivity (Wildman–Crippen MR) is 140 cm³/mol. The molecule has 1 aromatic heterocycles. The highest BCUT2D eigenvalue weighted by atomic mass is 16.5. The lowest BCUT2D eigenvalue weighted by Crippen LogP contribution is -2.49. The van der Waals surface area contributed by atoms with Gasteiger partial charge in [0.2, 0.25) is 11.8 Å². The third-order valence-electron chi connectivity index (χ3n) is 7.35. The van der Waals surface area contributed by atoms with Crippen LogP contribution in [-0.4, -0.2) is 51.9 Å². The maximum Gasteiger partial charge on any atom is 0.242 e. The number of ether oxygens (including phenoxy) is 1. The summed E-state index contributed by atoms with van der Waals surface area (Å²) in [5, 5.41) is 0. The maximum atomic E-state index is 13.6. The molecule has 6 nitrogen and oxygen atoms in total. The Morgan fingerprint density at radius 2 is 1.80 bits per heavy atom. The molecule has 1 fully saturated rings. The molecule has 0 radical (unpaired) electrons. The van der Waals surface area contributed by atoms with Gasteiger partial charge in [0.15, 0.2) is 0 Å². The highest BCUT2D eigenvalue weighted by Gasteiger charge is 2.31. The summed E-state index contributed by atoms with van der Waals surface area (Å²) in [5.41, 5.74) is 2.23. The van der Waals surface area contributed by atoms with Gasteiger partial charge < -0.3 is 19.1 Å². The summed E-state index contributed by atoms with van der Waals surface area (Å²) in [4.78, 5) is 30.7. The van der Waals surface area contributed by atoms with Crippen LogP contribution in [0.2, 0.25) is 0 Å². The fraction of sp³-hybridized carbons (Fsp3) is 0.586. The van der Waals surface area contributed by atoms with Crippen LogP contribution in [0.4, 0.5) is 0 Å². The van der Waals surface area contributed by atoms with E-state index in [1.165, 1.54) is 6.42 Å². The Balaban J connectivity index is 1.75. The molecule has 1 aromatic carbocycles. The van der Waals surface area contributed by atoms with Crippen LogP contribution in [0.5, 0.6) is 5.75 Å². The first-order chi connectivity index (χ1) is 16.8. The van der Waals surface area contributed by atoms with Gasteiger partial charge in [0.05, 0.1) is 13.7 Å². The van der Waals surface area contributed by atoms with Gasteiger partial charge >= 0.3 is 0 Å². The number of benzene rings is 1. The Hall–Kier alpha value is -2.76. The van der Waals surface area contributed by atoms with Gasteiger partial charge in [-0.3, -0.25) is 9.59 Å². The molecule has 2 aromatic rings. The molecule has 0 aliphatic heterocycles. The van der Waals surface area contributed by atoms with Gasteiger partial charge in [0.25, 0.3) is 0 Å². The van der Waals surface area contributed by atoms with Crippen molar-refractivity contribution in [3.05, 3.63) is 53.9 Å². The normalized spacial score (nSPS) is 15.1. The molecule has 3 rings (SSSR count). The molecule has 1 atom stereocenters. The van der Waals surface area contributed by atoms with Gasteiger partial charge in [0.1, 0.15) is 12.3 Å². The molecule has 1 unspecified atom stereocenters. The third-order valence-corrected chi connectivity index (χ3v) is 7.35. The minimum absolute atomic E-state index is 0.00378. The minimum Gasteiger partial charge on any atom is -0.497 e. The van der Waals surface area contributed by atoms with Crippen LogP contribution in [0, 0.1) is 5.92 Å². The van der Waals surface area contributed by atoms with Crippen molar-refractivity contribution in [1.29, 1.82) is 0 Å². The number of amides is 2. The van der Waals surface area contributed by atoms with Crippen LogP contribution < -0.4 is 4.74 Å². The number of rotatable bonds is 11. The van der Waals surface area contributed by atoms with Crippen LogP contribution in [0.1, 0.15) is 77.5 Å². The monoisotopic (exact) mass is 481 g/mol. The Kier molecular flexibility index (Phi) is 9.82. The van der Waals surface area contributed by atoms with E-state index in [-0.39, 0.29) is 36.4 Å². The smallest absolute Gasteiger partial charge is 0.242 e. The summed E-state index contributed by atoms with van der Waals surface area (Å²) >= 11 is 0. The number of carbonyl (C=O) groups excluding carboxylic acids is 2. The first kappa shape index (κ1) is 26.8. The molecule has 0 saturated heterocycles. The maximum absolute atomic E-state index is 13.6. The molecule has 1 heterocycles. The summed E-state index contributed by atoms with van der Waals surface area (Å²) in [6.45, 7) is 9.61. The van der Waals surface area contributed by atoms with Crippen molar-refractivity contribution < 1.29 is 14.3 Å². The van der Waals surface area contributed by atoms with Crippen molar-refractivity contribution >= 4 is 11.8 Å². The van der Waals surface area contributed by atoms with Gasteiger partial charge in [-0.05, 0) is 69.9 Å². The first-order valence-electron chi connectivity index (χ1n) is 13.2. The van der Waals surface area contributed by atoms with E-state index in [4.69, 9.17) is 4.74 Å². The molecule has 1 saturated carbocycles. The lowest BCUT2D eigenvalue weighted by atomic mass is 9.88. The van der Waals surface area contributed by atoms with E-state index in [2.05, 4.69) is 36.7 Å². The van der Waals surface area contributed by atoms with Crippen LogP contribution in [0.25, 0.3) is 0 Å². The Bertz CT molecular complexity index is 962. The van der Waals surface area contributed by atoms with Gasteiger partial charge in [0, 0.05) is 36.4 Å². The summed E-state index contributed by atoms with van der Waals surface area (Å²) in [6, 6.07) is 12.3. The fourth-order valence-electron chi connectivity index (χ4n) is 4.94. The second-order valence-electron chi connectivity index (χ2n) is 10.2. The number of aromatic nitrogens is 1. The number of methoxy groups -OCH3 is 1. The average molecular weight is 482 g/mol. The molecule has 1 aliphatic carbocycles. The second kappa shape index (κ2) is 12.8. The Morgan fingerprint density at radius 3 is 2.46 bits per heavy atom. The quantitative estimate of drug-likeness (QED) is 0.426. The zero-order valence-electron chi connectivity index (χ0n) is 22.2. The van der Waals surface area contributed by atoms with Crippen molar-refractivity contribution in [3.63, 3.8) is 0 Å². The number of carbonyl (C=O) groups is 2. The van der Waals surface area contributed by atoms with Crippen molar-refractivity contribution in [3.8, 4) is 5.75 Å². The zero-order chi connectivity index (χ0) is 25.4. The summed E-state index contributed by atoms with van der Waals surface area (Å²) in [5.74, 6) is 1.07.